The Bertz CT molecular complexity index is 492. The van der Waals surface area contributed by atoms with Gasteiger partial charge in [0.05, 0.1) is 0 Å². The lowest BCUT2D eigenvalue weighted by Crippen LogP contribution is -2.63. The number of rotatable bonds is 7. The van der Waals surface area contributed by atoms with Gasteiger partial charge >= 0.3 is 0 Å². The van der Waals surface area contributed by atoms with Crippen LogP contribution < -0.4 is 0 Å². The molecule has 0 aromatic heterocycles. The fourth-order valence-electron chi connectivity index (χ4n) is 6.29. The molecule has 0 N–H and O–H groups in total. The normalized spacial score (nSPS) is 30.6. The van der Waals surface area contributed by atoms with Crippen molar-refractivity contribution >= 4 is 0 Å². The average molecular weight is 380 g/mol. The van der Waals surface area contributed by atoms with Gasteiger partial charge in [0.25, 0.3) is 0 Å². The number of halogens is 1. The predicted octanol–water partition coefficient (Wildman–Crippen LogP) is 4.03. The highest BCUT2D eigenvalue weighted by Crippen LogP contribution is 2.52. The van der Waals surface area contributed by atoms with E-state index < -0.39 is 5.67 Å². The number of piperidine rings is 2. The third kappa shape index (κ3) is 4.70. The summed E-state index contributed by atoms with van der Waals surface area (Å²) >= 11 is 0. The molecule has 27 heavy (non-hydrogen) atoms. The maximum atomic E-state index is 15.2. The third-order valence-corrected chi connectivity index (χ3v) is 8.10. The zero-order chi connectivity index (χ0) is 19.1. The second kappa shape index (κ2) is 7.57. The molecule has 0 aromatic carbocycles. The first-order chi connectivity index (χ1) is 12.8. The highest BCUT2D eigenvalue weighted by molar-refractivity contribution is 5.03. The summed E-state index contributed by atoms with van der Waals surface area (Å²) in [5.74, 6) is 0.834. The summed E-state index contributed by atoms with van der Waals surface area (Å²) in [7, 11) is 0. The summed E-state index contributed by atoms with van der Waals surface area (Å²) in [5.41, 5.74) is 0.257. The van der Waals surface area contributed by atoms with Gasteiger partial charge in [0.2, 0.25) is 0 Å². The topological polar surface area (TPSA) is 9.72 Å². The molecular weight excluding hydrogens is 337 g/mol. The van der Waals surface area contributed by atoms with Crippen LogP contribution in [0.2, 0.25) is 0 Å². The van der Waals surface area contributed by atoms with Crippen molar-refractivity contribution < 1.29 is 4.39 Å². The van der Waals surface area contributed by atoms with Crippen LogP contribution in [0.15, 0.2) is 0 Å². The molecule has 4 heteroatoms. The van der Waals surface area contributed by atoms with Crippen molar-refractivity contribution in [2.24, 2.45) is 16.7 Å². The van der Waals surface area contributed by atoms with E-state index in [0.717, 1.165) is 51.5 Å². The Morgan fingerprint density at radius 3 is 1.89 bits per heavy atom. The van der Waals surface area contributed by atoms with Gasteiger partial charge in [0.15, 0.2) is 0 Å². The molecule has 1 spiro atoms. The van der Waals surface area contributed by atoms with Crippen molar-refractivity contribution in [1.82, 2.24) is 14.7 Å². The molecule has 4 rings (SSSR count). The van der Waals surface area contributed by atoms with Crippen molar-refractivity contribution in [2.75, 3.05) is 58.9 Å². The van der Waals surface area contributed by atoms with Gasteiger partial charge in [-0.1, -0.05) is 20.8 Å². The Kier molecular flexibility index (Phi) is 5.64. The van der Waals surface area contributed by atoms with Gasteiger partial charge < -0.3 is 9.80 Å². The summed E-state index contributed by atoms with van der Waals surface area (Å²) in [6.07, 6.45) is 8.46. The van der Waals surface area contributed by atoms with E-state index in [1.807, 2.05) is 0 Å². The molecule has 3 aliphatic heterocycles. The van der Waals surface area contributed by atoms with Crippen LogP contribution in [0.3, 0.4) is 0 Å². The summed E-state index contributed by atoms with van der Waals surface area (Å²) in [6.45, 7) is 16.8. The second-order valence-electron chi connectivity index (χ2n) is 11.1. The molecule has 0 unspecified atom stereocenters. The fraction of sp³-hybridized carbons (Fsp3) is 1.00. The molecule has 4 aliphatic rings. The van der Waals surface area contributed by atoms with E-state index in [1.54, 1.807) is 0 Å². The quantitative estimate of drug-likeness (QED) is 0.661. The zero-order valence-electron chi connectivity index (χ0n) is 18.1. The van der Waals surface area contributed by atoms with E-state index >= 15 is 4.39 Å². The monoisotopic (exact) mass is 379 g/mol. The van der Waals surface area contributed by atoms with Gasteiger partial charge in [-0.25, -0.2) is 4.39 Å². The summed E-state index contributed by atoms with van der Waals surface area (Å²) in [5, 5.41) is 0. The molecular formula is C23H42FN3. The van der Waals surface area contributed by atoms with Crippen LogP contribution in [-0.4, -0.2) is 79.3 Å². The first-order valence-electron chi connectivity index (χ1n) is 11.7. The standard InChI is InChI=1S/C23H42FN3/c1-4-25-13-9-23(24,10-14-25)19-27-17-22(18-27)7-11-26(12-8-22)16-21(5-6-21)15-20(2)3/h20H,4-19H2,1-3H3. The van der Waals surface area contributed by atoms with Crippen LogP contribution in [0.5, 0.6) is 0 Å². The Hall–Kier alpha value is -0.190. The Morgan fingerprint density at radius 2 is 1.37 bits per heavy atom. The number of hydrogen-bond donors (Lipinski definition) is 0. The highest BCUT2D eigenvalue weighted by atomic mass is 19.1. The van der Waals surface area contributed by atoms with Crippen LogP contribution in [0, 0.1) is 16.7 Å². The van der Waals surface area contributed by atoms with Crippen molar-refractivity contribution in [2.45, 2.75) is 71.4 Å². The zero-order valence-corrected chi connectivity index (χ0v) is 18.1. The van der Waals surface area contributed by atoms with E-state index in [0.29, 0.717) is 17.4 Å². The minimum atomic E-state index is -0.927. The lowest BCUT2D eigenvalue weighted by molar-refractivity contribution is -0.0821. The molecule has 0 bridgehead atoms. The van der Waals surface area contributed by atoms with E-state index in [9.17, 15) is 0 Å². The van der Waals surface area contributed by atoms with Gasteiger partial charge in [0, 0.05) is 39.3 Å². The minimum Gasteiger partial charge on any atom is -0.303 e. The first-order valence-corrected chi connectivity index (χ1v) is 11.7. The summed E-state index contributed by atoms with van der Waals surface area (Å²) in [6, 6.07) is 0. The number of alkyl halides is 1. The molecule has 3 heterocycles. The van der Waals surface area contributed by atoms with Crippen molar-refractivity contribution in [3.63, 3.8) is 0 Å². The summed E-state index contributed by atoms with van der Waals surface area (Å²) in [4.78, 5) is 7.57. The van der Waals surface area contributed by atoms with Crippen molar-refractivity contribution in [1.29, 1.82) is 0 Å². The first kappa shape index (κ1) is 20.1. The van der Waals surface area contributed by atoms with Crippen LogP contribution >= 0.6 is 0 Å². The number of likely N-dealkylation sites (tertiary alicyclic amines) is 3. The van der Waals surface area contributed by atoms with E-state index in [-0.39, 0.29) is 0 Å². The molecule has 1 saturated carbocycles. The summed E-state index contributed by atoms with van der Waals surface area (Å²) < 4.78 is 15.2. The smallest absolute Gasteiger partial charge is 0.126 e. The highest BCUT2D eigenvalue weighted by Gasteiger charge is 2.49. The van der Waals surface area contributed by atoms with Gasteiger partial charge in [-0.3, -0.25) is 4.90 Å². The minimum absolute atomic E-state index is 0.520. The van der Waals surface area contributed by atoms with E-state index in [4.69, 9.17) is 0 Å². The lowest BCUT2D eigenvalue weighted by atomic mass is 9.71. The van der Waals surface area contributed by atoms with Gasteiger partial charge in [0.1, 0.15) is 5.67 Å². The Labute approximate surface area is 166 Å². The van der Waals surface area contributed by atoms with Crippen molar-refractivity contribution in [3.05, 3.63) is 0 Å². The SMILES string of the molecule is CCN1CCC(F)(CN2CC3(CCN(CC4(CC(C)C)CC4)CC3)C2)CC1. The lowest BCUT2D eigenvalue weighted by Gasteiger charge is -2.56. The van der Waals surface area contributed by atoms with Crippen LogP contribution in [0.25, 0.3) is 0 Å². The maximum absolute atomic E-state index is 15.2. The molecule has 0 atom stereocenters. The molecule has 3 saturated heterocycles. The third-order valence-electron chi connectivity index (χ3n) is 8.10. The van der Waals surface area contributed by atoms with Crippen LogP contribution in [0.4, 0.5) is 4.39 Å². The fourth-order valence-corrected chi connectivity index (χ4v) is 6.29. The largest absolute Gasteiger partial charge is 0.303 e. The predicted molar refractivity (Wildman–Crippen MR) is 111 cm³/mol. The molecule has 1 aliphatic carbocycles. The maximum Gasteiger partial charge on any atom is 0.126 e. The molecule has 3 nitrogen and oxygen atoms in total. The number of nitrogens with zero attached hydrogens (tertiary/aromatic N) is 3. The average Bonchev–Trinajstić information content (AvgIpc) is 3.34. The van der Waals surface area contributed by atoms with Crippen LogP contribution in [0.1, 0.15) is 65.7 Å². The van der Waals surface area contributed by atoms with E-state index in [2.05, 4.69) is 35.5 Å². The van der Waals surface area contributed by atoms with Gasteiger partial charge in [-0.15, -0.1) is 0 Å². The second-order valence-corrected chi connectivity index (χ2v) is 11.1. The Balaban J connectivity index is 1.18. The molecule has 0 aromatic rings. The van der Waals surface area contributed by atoms with Gasteiger partial charge in [-0.05, 0) is 81.3 Å². The molecule has 4 fully saturated rings. The molecule has 0 amide bonds. The van der Waals surface area contributed by atoms with E-state index in [1.165, 1.54) is 51.7 Å². The Morgan fingerprint density at radius 1 is 0.778 bits per heavy atom. The molecule has 0 radical (unpaired) electrons. The van der Waals surface area contributed by atoms with Crippen LogP contribution in [-0.2, 0) is 0 Å². The number of hydrogen-bond acceptors (Lipinski definition) is 3. The van der Waals surface area contributed by atoms with Crippen molar-refractivity contribution in [3.8, 4) is 0 Å². The van der Waals surface area contributed by atoms with Gasteiger partial charge in [-0.2, -0.15) is 0 Å². The molecule has 156 valence electrons.